The first kappa shape index (κ1) is 41.7. The summed E-state index contributed by atoms with van der Waals surface area (Å²) in [6, 6.07) is 31.9. The van der Waals surface area contributed by atoms with Crippen molar-refractivity contribution in [1.82, 2.24) is 24.3 Å². The van der Waals surface area contributed by atoms with Crippen LogP contribution in [0.3, 0.4) is 0 Å². The Hall–Kier alpha value is -4.46. The highest BCUT2D eigenvalue weighted by molar-refractivity contribution is 5.94. The maximum Gasteiger partial charge on any atom is 0.162 e. The fourth-order valence-corrected chi connectivity index (χ4v) is 7.52. The molecule has 0 bridgehead atoms. The minimum Gasteiger partial charge on any atom is -0.301 e. The van der Waals surface area contributed by atoms with Crippen LogP contribution in [0, 0.1) is 0 Å². The van der Waals surface area contributed by atoms with E-state index in [2.05, 4.69) is 155 Å². The monoisotopic (exact) mass is 740 g/mol. The highest BCUT2D eigenvalue weighted by Gasteiger charge is 2.16. The van der Waals surface area contributed by atoms with E-state index in [4.69, 9.17) is 20.0 Å². The van der Waals surface area contributed by atoms with Gasteiger partial charge in [-0.25, -0.2) is 9.97 Å². The summed E-state index contributed by atoms with van der Waals surface area (Å²) >= 11 is 0. The molecule has 0 fully saturated rings. The second-order valence-corrected chi connectivity index (χ2v) is 15.9. The van der Waals surface area contributed by atoms with Crippen molar-refractivity contribution in [2.24, 2.45) is 9.98 Å². The minimum atomic E-state index is 0.590. The van der Waals surface area contributed by atoms with E-state index in [9.17, 15) is 0 Å². The van der Waals surface area contributed by atoms with Crippen molar-refractivity contribution in [3.05, 3.63) is 102 Å². The topological polar surface area (TPSA) is 61.9 Å². The number of fused-ring (bicyclic) bond motifs is 1. The van der Waals surface area contributed by atoms with Crippen LogP contribution in [0.4, 0.5) is 0 Å². The van der Waals surface area contributed by atoms with Gasteiger partial charge in [-0.15, -0.1) is 0 Å². The number of benzene rings is 3. The lowest BCUT2D eigenvalue weighted by Gasteiger charge is -2.30. The Bertz CT molecular complexity index is 1900. The number of unbranched alkanes of at least 4 members (excludes halogenated alkanes) is 4. The number of rotatable bonds is 21. The molecule has 7 heteroatoms. The lowest BCUT2D eigenvalue weighted by molar-refractivity contribution is 0.171. The Morgan fingerprint density at radius 1 is 0.545 bits per heavy atom. The van der Waals surface area contributed by atoms with Gasteiger partial charge in [0, 0.05) is 78.1 Å². The molecule has 5 aromatic rings. The average Bonchev–Trinajstić information content (AvgIpc) is 3.61. The third kappa shape index (κ3) is 12.0. The van der Waals surface area contributed by atoms with E-state index in [1.807, 2.05) is 18.5 Å². The molecular weight excluding hydrogens is 675 g/mol. The average molecular weight is 740 g/mol. The molecule has 0 saturated carbocycles. The second-order valence-electron chi connectivity index (χ2n) is 15.9. The van der Waals surface area contributed by atoms with Gasteiger partial charge in [-0.3, -0.25) is 19.8 Å². The lowest BCUT2D eigenvalue weighted by Crippen LogP contribution is -2.37. The minimum absolute atomic E-state index is 0.590. The second kappa shape index (κ2) is 21.0. The lowest BCUT2D eigenvalue weighted by atomic mass is 10.1. The zero-order valence-corrected chi connectivity index (χ0v) is 34.8. The third-order valence-corrected chi connectivity index (χ3v) is 10.5. The van der Waals surface area contributed by atoms with Crippen LogP contribution in [-0.2, 0) is 0 Å². The summed E-state index contributed by atoms with van der Waals surface area (Å²) in [6.07, 6.45) is 13.2. The molecule has 0 spiro atoms. The van der Waals surface area contributed by atoms with Crippen molar-refractivity contribution in [2.75, 3.05) is 26.2 Å². The van der Waals surface area contributed by atoms with Crippen LogP contribution in [0.15, 0.2) is 101 Å². The summed E-state index contributed by atoms with van der Waals surface area (Å²) in [4.78, 5) is 25.0. The third-order valence-electron chi connectivity index (χ3n) is 10.5. The number of hydrogen-bond acceptors (Lipinski definition) is 6. The molecule has 2 heterocycles. The summed E-state index contributed by atoms with van der Waals surface area (Å²) < 4.78 is 2.15. The van der Waals surface area contributed by atoms with Crippen LogP contribution in [0.25, 0.3) is 39.4 Å². The summed E-state index contributed by atoms with van der Waals surface area (Å²) in [7, 11) is 0. The van der Waals surface area contributed by atoms with Crippen LogP contribution in [-0.4, -0.2) is 87.1 Å². The Balaban J connectivity index is 1.26. The fraction of sp³-hybridized carbons (Fsp3) is 0.458. The van der Waals surface area contributed by atoms with Crippen LogP contribution >= 0.6 is 0 Å². The Kier molecular flexibility index (Phi) is 15.9. The van der Waals surface area contributed by atoms with Gasteiger partial charge < -0.3 is 4.57 Å². The molecule has 0 N–H and O–H groups in total. The molecule has 0 radical (unpaired) electrons. The quantitative estimate of drug-likeness (QED) is 0.0555. The molecule has 55 heavy (non-hydrogen) atoms. The van der Waals surface area contributed by atoms with E-state index in [0.29, 0.717) is 30.0 Å². The fourth-order valence-electron chi connectivity index (χ4n) is 7.52. The van der Waals surface area contributed by atoms with Crippen LogP contribution < -0.4 is 0 Å². The molecule has 292 valence electrons. The van der Waals surface area contributed by atoms with Gasteiger partial charge in [0.2, 0.25) is 0 Å². The summed E-state index contributed by atoms with van der Waals surface area (Å²) in [5.74, 6) is 0.703. The molecule has 0 saturated heterocycles. The smallest absolute Gasteiger partial charge is 0.162 e. The molecule has 2 aromatic heterocycles. The number of hydrogen-bond donors (Lipinski definition) is 0. The van der Waals surface area contributed by atoms with E-state index >= 15 is 0 Å². The van der Waals surface area contributed by atoms with Crippen LogP contribution in [0.2, 0.25) is 0 Å². The molecule has 0 aliphatic heterocycles. The van der Waals surface area contributed by atoms with Crippen molar-refractivity contribution >= 4 is 23.5 Å². The first-order valence-electron chi connectivity index (χ1n) is 20.8. The van der Waals surface area contributed by atoms with Gasteiger partial charge in [-0.05, 0) is 123 Å². The van der Waals surface area contributed by atoms with Gasteiger partial charge in [-0.1, -0.05) is 79.6 Å². The van der Waals surface area contributed by atoms with Gasteiger partial charge in [0.25, 0.3) is 0 Å². The first-order chi connectivity index (χ1) is 26.6. The molecule has 0 amide bonds. The molecule has 7 nitrogen and oxygen atoms in total. The molecule has 0 atom stereocenters. The number of nitrogens with zero attached hydrogens (tertiary/aromatic N) is 7. The SMILES string of the molecule is CC(C)N(CCCCC/N=C\c1ccc(-c2nc(-c3ccc(/C=N/CCCCCN(C(C)C)C(C)C)cc3)nc3c2ccn3-c2ccccc2)cc1)C(C)C. The van der Waals surface area contributed by atoms with Gasteiger partial charge in [0.15, 0.2) is 5.82 Å². The molecule has 5 rings (SSSR count). The predicted octanol–water partition coefficient (Wildman–Crippen LogP) is 11.2. The zero-order chi connectivity index (χ0) is 39.2. The van der Waals surface area contributed by atoms with E-state index < -0.39 is 0 Å². The molecular formula is C48H65N7. The highest BCUT2D eigenvalue weighted by atomic mass is 15.2. The normalized spacial score (nSPS) is 12.5. The van der Waals surface area contributed by atoms with Crippen molar-refractivity contribution in [3.63, 3.8) is 0 Å². The van der Waals surface area contributed by atoms with E-state index in [-0.39, 0.29) is 0 Å². The number of aliphatic imine (C=N–C) groups is 2. The predicted molar refractivity (Wildman–Crippen MR) is 236 cm³/mol. The molecule has 0 unspecified atom stereocenters. The van der Waals surface area contributed by atoms with Crippen LogP contribution in [0.5, 0.6) is 0 Å². The number of aromatic nitrogens is 3. The van der Waals surface area contributed by atoms with Crippen molar-refractivity contribution in [1.29, 1.82) is 0 Å². The number of para-hydroxylation sites is 1. The Morgan fingerprint density at radius 2 is 1.04 bits per heavy atom. The van der Waals surface area contributed by atoms with Crippen molar-refractivity contribution in [2.45, 2.75) is 118 Å². The van der Waals surface area contributed by atoms with Crippen molar-refractivity contribution < 1.29 is 0 Å². The van der Waals surface area contributed by atoms with Gasteiger partial charge >= 0.3 is 0 Å². The highest BCUT2D eigenvalue weighted by Crippen LogP contribution is 2.31. The Labute approximate surface area is 331 Å². The molecule has 3 aromatic carbocycles. The summed E-state index contributed by atoms with van der Waals surface area (Å²) in [6.45, 7) is 22.3. The van der Waals surface area contributed by atoms with E-state index in [1.54, 1.807) is 0 Å². The van der Waals surface area contributed by atoms with E-state index in [1.165, 1.54) is 25.7 Å². The van der Waals surface area contributed by atoms with E-state index in [0.717, 1.165) is 83.7 Å². The maximum absolute atomic E-state index is 5.18. The molecule has 0 aliphatic rings. The van der Waals surface area contributed by atoms with Gasteiger partial charge in [-0.2, -0.15) is 0 Å². The summed E-state index contributed by atoms with van der Waals surface area (Å²) in [5, 5.41) is 1.02. The Morgan fingerprint density at radius 3 is 1.53 bits per heavy atom. The standard InChI is InChI=1S/C48H65N7/c1-36(2)53(37(3)4)31-16-10-14-29-49-34-40-20-24-42(25-21-40)46-45-28-33-55(44-18-12-9-13-19-44)48(45)52-47(51-46)43-26-22-41(23-27-43)35-50-30-15-11-17-32-54(38(5)6)39(7)8/h9,12-13,18-28,33-39H,10-11,14-17,29-32H2,1-8H3/b49-34-,50-35+. The van der Waals surface area contributed by atoms with Gasteiger partial charge in [0.05, 0.1) is 5.69 Å². The van der Waals surface area contributed by atoms with Crippen molar-refractivity contribution in [3.8, 4) is 28.3 Å². The first-order valence-corrected chi connectivity index (χ1v) is 20.8. The van der Waals surface area contributed by atoms with Gasteiger partial charge in [0.1, 0.15) is 5.65 Å². The summed E-state index contributed by atoms with van der Waals surface area (Å²) in [5.41, 5.74) is 7.10. The molecule has 0 aliphatic carbocycles. The zero-order valence-electron chi connectivity index (χ0n) is 34.8. The maximum atomic E-state index is 5.18. The largest absolute Gasteiger partial charge is 0.301 e. The van der Waals surface area contributed by atoms with Crippen LogP contribution in [0.1, 0.15) is 105 Å².